The third-order valence-corrected chi connectivity index (χ3v) is 22.6. The molecule has 22 nitrogen and oxygen atoms in total. The molecule has 8 aromatic carbocycles. The molecule has 682 valence electrons. The highest BCUT2D eigenvalue weighted by Crippen LogP contribution is 2.44. The van der Waals surface area contributed by atoms with E-state index >= 15 is 0 Å². The quantitative estimate of drug-likeness (QED) is 0.0474. The SMILES string of the molecule is CC(C)(C)OC(=O)N1C[C@@H](c2ccccc2)CC(Oc2ccc(C(F)(F)F)cc2)(C(=O)O)C1.CC(C)(C)OC(=O)N1C[C@@H](c2ccccc2)C[C@H]1C(=O)O.COCCOc1ccccc1N1CCN(C(=O)C2(Oc3ccc(C(F)(F)F)cc3)C[C@H](c3ccccc3)CN(C(=O)c3cnccc3C(F)(F)F)C2)CC1.OC[C@@H]1C[C@H](c2ccccc2)CN1Cc1ccccc1. The highest BCUT2D eigenvalue weighted by molar-refractivity contribution is 5.97. The molecule has 1 aromatic heterocycles. The van der Waals surface area contributed by atoms with Crippen LogP contribution in [0.2, 0.25) is 0 Å². The van der Waals surface area contributed by atoms with E-state index in [1.165, 1.54) is 20.9 Å². The fourth-order valence-corrected chi connectivity index (χ4v) is 16.5. The summed E-state index contributed by atoms with van der Waals surface area (Å²) in [6.07, 6.45) is -12.0. The molecule has 4 amide bonds. The number of likely N-dealkylation sites (tertiary alicyclic amines) is 4. The first kappa shape index (κ1) is 96.4. The number of ether oxygens (including phenoxy) is 6. The molecule has 2 unspecified atom stereocenters. The molecule has 0 radical (unpaired) electrons. The number of carboxylic acid groups (broad SMARTS) is 2. The normalized spacial score (nSPS) is 20.9. The molecule has 3 N–H and O–H groups in total. The second kappa shape index (κ2) is 42.1. The zero-order valence-electron chi connectivity index (χ0n) is 72.1. The molecule has 8 atom stereocenters. The van der Waals surface area contributed by atoms with Gasteiger partial charge in [-0.05, 0) is 155 Å². The van der Waals surface area contributed by atoms with Crippen LogP contribution < -0.4 is 19.1 Å². The van der Waals surface area contributed by atoms with Crippen LogP contribution in [0.5, 0.6) is 17.2 Å². The minimum Gasteiger partial charge on any atom is -0.489 e. The fraction of sp³-hybridized carbons (Fsp3) is 0.392. The number of aromatic nitrogens is 1. The van der Waals surface area contributed by atoms with Crippen molar-refractivity contribution in [3.8, 4) is 17.2 Å². The van der Waals surface area contributed by atoms with Gasteiger partial charge in [-0.1, -0.05) is 164 Å². The maximum Gasteiger partial charge on any atom is 0.417 e. The lowest BCUT2D eigenvalue weighted by molar-refractivity contribution is -0.161. The maximum absolute atomic E-state index is 14.9. The molecule has 31 heteroatoms. The van der Waals surface area contributed by atoms with Gasteiger partial charge in [0.05, 0.1) is 54.2 Å². The lowest BCUT2D eigenvalue weighted by atomic mass is 9.80. The lowest BCUT2D eigenvalue weighted by Gasteiger charge is -2.48. The van der Waals surface area contributed by atoms with Crippen LogP contribution in [0.3, 0.4) is 0 Å². The van der Waals surface area contributed by atoms with Gasteiger partial charge >= 0.3 is 42.7 Å². The molecule has 0 saturated carbocycles. The van der Waals surface area contributed by atoms with Gasteiger partial charge in [-0.15, -0.1) is 0 Å². The van der Waals surface area contributed by atoms with E-state index in [2.05, 4.69) is 69.4 Å². The summed E-state index contributed by atoms with van der Waals surface area (Å²) in [4.78, 5) is 91.5. The molecule has 0 aliphatic carbocycles. The first-order chi connectivity index (χ1) is 60.7. The van der Waals surface area contributed by atoms with Crippen molar-refractivity contribution in [2.75, 3.05) is 97.3 Å². The molecule has 128 heavy (non-hydrogen) atoms. The predicted octanol–water partition coefficient (Wildman–Crippen LogP) is 18.2. The minimum atomic E-state index is -4.88. The number of piperidine rings is 2. The van der Waals surface area contributed by atoms with Crippen molar-refractivity contribution in [2.45, 2.75) is 150 Å². The molecule has 5 aliphatic heterocycles. The molecule has 6 heterocycles. The number of piperazine rings is 1. The van der Waals surface area contributed by atoms with Gasteiger partial charge in [0.25, 0.3) is 11.8 Å². The average Bonchev–Trinajstić information content (AvgIpc) is 0.891. The Morgan fingerprint density at radius 1 is 0.477 bits per heavy atom. The number of amides is 4. The van der Waals surface area contributed by atoms with Crippen LogP contribution in [-0.2, 0) is 53.7 Å². The molecule has 5 aliphatic rings. The van der Waals surface area contributed by atoms with Crippen molar-refractivity contribution in [3.63, 3.8) is 0 Å². The maximum atomic E-state index is 14.9. The van der Waals surface area contributed by atoms with Gasteiger partial charge < -0.3 is 63.3 Å². The van der Waals surface area contributed by atoms with E-state index < -0.39 is 124 Å². The molecule has 5 fully saturated rings. The van der Waals surface area contributed by atoms with Gasteiger partial charge in [0.15, 0.2) is 0 Å². The van der Waals surface area contributed by atoms with E-state index in [0.29, 0.717) is 62.6 Å². The molecular formula is C97H106F9N7O15. The highest BCUT2D eigenvalue weighted by atomic mass is 19.4. The first-order valence-corrected chi connectivity index (χ1v) is 42.0. The van der Waals surface area contributed by atoms with Crippen LogP contribution >= 0.6 is 0 Å². The summed E-state index contributed by atoms with van der Waals surface area (Å²) in [5.41, 5.74) is -2.83. The van der Waals surface area contributed by atoms with E-state index in [-0.39, 0.29) is 75.6 Å². The number of hydrogen-bond acceptors (Lipinski definition) is 16. The number of rotatable bonds is 20. The molecular weight excluding hydrogens is 1670 g/mol. The Hall–Kier alpha value is -12.2. The van der Waals surface area contributed by atoms with Crippen molar-refractivity contribution in [2.24, 2.45) is 0 Å². The Kier molecular flexibility index (Phi) is 31.7. The van der Waals surface area contributed by atoms with Crippen molar-refractivity contribution >= 4 is 41.6 Å². The standard InChI is InChI=1S/C39H38F6N4O5.C24H26F3NO5.C18H21NO.C16H21NO4/c1-52-21-22-53-34-10-6-5-9-33(34)47-17-19-48(20-18-47)36(51)37(54-30-13-11-29(12-14-30)38(40,41)42)23-28(27-7-3-2-4-8-27)25-49(26-37)35(50)31-24-46-16-15-32(31)39(43,44)45;1-22(2,3)33-21(31)28-14-17(16-7-5-4-6-8-16)13-23(15-28,20(29)30)32-19-11-9-18(10-12-19)24(25,26)27;20-14-18-11-17(16-9-5-2-6-10-16)13-19(18)12-15-7-3-1-4-8-15;1-16(2,3)21-15(20)17-10-12(9-13(17)14(18)19)11-7-5-4-6-8-11/h2-16,24,28H,17-23,25-26H2,1H3;4-12,17H,13-15H2,1-3H3,(H,29,30);1-10,17-18,20H,11-14H2;4-8,12-13H,9-10H2,1-3H3,(H,18,19)/t28-,37?;17-,23?;17-,18-;12-,13-/m0000/s1. The van der Waals surface area contributed by atoms with Crippen molar-refractivity contribution < 1.29 is 112 Å². The Morgan fingerprint density at radius 3 is 1.41 bits per heavy atom. The molecule has 0 bridgehead atoms. The Labute approximate surface area is 737 Å². The summed E-state index contributed by atoms with van der Waals surface area (Å²) in [7, 11) is 1.57. The number of carbonyl (C=O) groups excluding carboxylic acids is 4. The number of aliphatic hydroxyl groups excluding tert-OH is 1. The van der Waals surface area contributed by atoms with Crippen LogP contribution in [0.15, 0.2) is 243 Å². The summed E-state index contributed by atoms with van der Waals surface area (Å²) in [5, 5.41) is 29.1. The van der Waals surface area contributed by atoms with Crippen LogP contribution in [0.25, 0.3) is 0 Å². The van der Waals surface area contributed by atoms with Gasteiger partial charge in [0.2, 0.25) is 11.2 Å². The second-order valence-electron chi connectivity index (χ2n) is 34.1. The number of halogens is 9. The third-order valence-electron chi connectivity index (χ3n) is 22.6. The van der Waals surface area contributed by atoms with Gasteiger partial charge in [-0.2, -0.15) is 39.5 Å². The second-order valence-corrected chi connectivity index (χ2v) is 34.1. The fourth-order valence-electron chi connectivity index (χ4n) is 16.5. The minimum absolute atomic E-state index is 0.0177. The number of pyridine rings is 1. The average molecular weight is 1780 g/mol. The Bertz CT molecular complexity index is 5130. The first-order valence-electron chi connectivity index (χ1n) is 42.0. The van der Waals surface area contributed by atoms with Crippen molar-refractivity contribution in [1.29, 1.82) is 0 Å². The number of methoxy groups -OCH3 is 1. The summed E-state index contributed by atoms with van der Waals surface area (Å²) < 4.78 is 156. The van der Waals surface area contributed by atoms with E-state index in [9.17, 15) is 83.6 Å². The monoisotopic (exact) mass is 1780 g/mol. The number of para-hydroxylation sites is 2. The smallest absolute Gasteiger partial charge is 0.417 e. The topological polar surface area (TPSA) is 251 Å². The highest BCUT2D eigenvalue weighted by Gasteiger charge is 2.54. The van der Waals surface area contributed by atoms with E-state index in [1.807, 2.05) is 78.9 Å². The van der Waals surface area contributed by atoms with Crippen molar-refractivity contribution in [3.05, 3.63) is 293 Å². The number of carbonyl (C=O) groups is 6. The van der Waals surface area contributed by atoms with E-state index in [0.717, 1.165) is 102 Å². The van der Waals surface area contributed by atoms with Crippen LogP contribution in [0.1, 0.15) is 146 Å². The summed E-state index contributed by atoms with van der Waals surface area (Å²) in [6, 6.07) is 64.0. The van der Waals surface area contributed by atoms with Crippen LogP contribution in [0, 0.1) is 0 Å². The van der Waals surface area contributed by atoms with Crippen LogP contribution in [0.4, 0.5) is 54.8 Å². The van der Waals surface area contributed by atoms with Gasteiger partial charge in [0, 0.05) is 115 Å². The zero-order chi connectivity index (χ0) is 92.4. The number of alkyl halides is 9. The van der Waals surface area contributed by atoms with Gasteiger partial charge in [0.1, 0.15) is 41.1 Å². The summed E-state index contributed by atoms with van der Waals surface area (Å²) >= 11 is 0. The zero-order valence-corrected chi connectivity index (χ0v) is 72.1. The van der Waals surface area contributed by atoms with Crippen molar-refractivity contribution in [1.82, 2.24) is 29.5 Å². The van der Waals surface area contributed by atoms with Crippen LogP contribution in [-0.4, -0.2) is 208 Å². The summed E-state index contributed by atoms with van der Waals surface area (Å²) in [6.45, 7) is 14.2. The van der Waals surface area contributed by atoms with E-state index in [1.54, 1.807) is 96.0 Å². The number of benzene rings is 8. The number of anilines is 1. The number of carboxylic acids is 2. The molecule has 9 aromatic rings. The lowest BCUT2D eigenvalue weighted by Crippen LogP contribution is -2.65. The largest absolute Gasteiger partial charge is 0.489 e. The number of nitrogens with zero attached hydrogens (tertiary/aromatic N) is 7. The molecule has 0 spiro atoms. The summed E-state index contributed by atoms with van der Waals surface area (Å²) in [5.74, 6) is -3.78. The predicted molar refractivity (Wildman–Crippen MR) is 460 cm³/mol. The van der Waals surface area contributed by atoms with E-state index in [4.69, 9.17) is 28.4 Å². The number of aliphatic hydroxyl groups is 1. The Balaban J connectivity index is 0.000000181. The van der Waals surface area contributed by atoms with Gasteiger partial charge in [-0.25, -0.2) is 19.2 Å². The van der Waals surface area contributed by atoms with Gasteiger partial charge in [-0.3, -0.25) is 24.4 Å². The number of aliphatic carboxylic acids is 2. The third kappa shape index (κ3) is 25.8. The molecule has 14 rings (SSSR count). The number of hydrogen-bond donors (Lipinski definition) is 3. The Morgan fingerprint density at radius 2 is 0.930 bits per heavy atom. The molecule has 5 saturated heterocycles.